The Balaban J connectivity index is 1.31. The number of amides is 2. The summed E-state index contributed by atoms with van der Waals surface area (Å²) in [5.41, 5.74) is -0.371. The molecule has 0 spiro atoms. The van der Waals surface area contributed by atoms with E-state index in [1.807, 2.05) is 0 Å². The normalized spacial score (nSPS) is 40.2. The van der Waals surface area contributed by atoms with E-state index < -0.39 is 22.8 Å². The van der Waals surface area contributed by atoms with Gasteiger partial charge in [-0.15, -0.1) is 0 Å². The zero-order valence-electron chi connectivity index (χ0n) is 31.4. The van der Waals surface area contributed by atoms with Gasteiger partial charge >= 0.3 is 11.9 Å². The molecule has 6 aliphatic rings. The van der Waals surface area contributed by atoms with Crippen LogP contribution in [-0.4, -0.2) is 65.3 Å². The molecular formula is C40H60N2O7. The van der Waals surface area contributed by atoms with Crippen molar-refractivity contribution in [3.05, 3.63) is 11.1 Å². The summed E-state index contributed by atoms with van der Waals surface area (Å²) in [4.78, 5) is 67.4. The molecule has 5 fully saturated rings. The van der Waals surface area contributed by atoms with Crippen molar-refractivity contribution >= 4 is 29.5 Å². The van der Waals surface area contributed by atoms with Gasteiger partial charge in [0.25, 0.3) is 0 Å². The minimum absolute atomic E-state index is 0.00673. The summed E-state index contributed by atoms with van der Waals surface area (Å²) in [6, 6.07) is 0. The number of esters is 1. The Morgan fingerprint density at radius 1 is 0.939 bits per heavy atom. The monoisotopic (exact) mass is 680 g/mol. The molecule has 1 heterocycles. The van der Waals surface area contributed by atoms with Crippen molar-refractivity contribution in [2.45, 2.75) is 133 Å². The Bertz CT molecular complexity index is 1490. The number of nitrogens with one attached hydrogen (secondary N) is 1. The maximum atomic E-state index is 14.6. The third kappa shape index (κ3) is 5.16. The highest BCUT2D eigenvalue weighted by atomic mass is 16.5. The Hall–Kier alpha value is -2.71. The van der Waals surface area contributed by atoms with E-state index >= 15 is 0 Å². The number of aliphatic carboxylic acids is 1. The number of Topliss-reactive ketones (excluding diaryl/α,β-unsaturated/α-hetero) is 1. The molecule has 272 valence electrons. The maximum absolute atomic E-state index is 14.6. The first kappa shape index (κ1) is 36.1. The minimum atomic E-state index is -1.18. The first-order chi connectivity index (χ1) is 22.7. The number of ketones is 1. The van der Waals surface area contributed by atoms with E-state index in [4.69, 9.17) is 4.74 Å². The number of carboxylic acids is 1. The Kier molecular flexibility index (Phi) is 8.59. The number of rotatable bonds is 6. The van der Waals surface area contributed by atoms with Gasteiger partial charge in [0.05, 0.1) is 23.8 Å². The van der Waals surface area contributed by atoms with E-state index in [0.717, 1.165) is 56.1 Å². The van der Waals surface area contributed by atoms with Gasteiger partial charge in [-0.1, -0.05) is 48.5 Å². The Morgan fingerprint density at radius 2 is 1.63 bits per heavy atom. The SMILES string of the molecule is CC(C)C1=C2C3CCC4[C@@]5(C)CC[C@H](OC(=O)CC(C)(C)C(=O)O)C(C)(C)C5CC[C@@]4(C)[C@]3(C)CC[C@@]2(C(=O)N2CCNC(=O)C2)CC1=O. The summed E-state index contributed by atoms with van der Waals surface area (Å²) in [7, 11) is 0. The van der Waals surface area contributed by atoms with Gasteiger partial charge in [-0.05, 0) is 116 Å². The van der Waals surface area contributed by atoms with Crippen LogP contribution in [0.4, 0.5) is 0 Å². The number of ether oxygens (including phenoxy) is 1. The molecule has 1 saturated heterocycles. The molecule has 6 rings (SSSR count). The predicted molar refractivity (Wildman–Crippen MR) is 185 cm³/mol. The first-order valence-electron chi connectivity index (χ1n) is 18.9. The van der Waals surface area contributed by atoms with E-state index in [1.165, 1.54) is 0 Å². The lowest BCUT2D eigenvalue weighted by molar-refractivity contribution is -0.233. The van der Waals surface area contributed by atoms with Crippen LogP contribution in [0, 0.1) is 56.2 Å². The molecule has 0 aromatic rings. The molecular weight excluding hydrogens is 620 g/mol. The van der Waals surface area contributed by atoms with E-state index in [2.05, 4.69) is 53.8 Å². The van der Waals surface area contributed by atoms with Crippen LogP contribution in [0.3, 0.4) is 0 Å². The number of piperazine rings is 1. The molecule has 0 aromatic heterocycles. The lowest BCUT2D eigenvalue weighted by atomic mass is 9.33. The molecule has 9 heteroatoms. The molecule has 5 aliphatic carbocycles. The summed E-state index contributed by atoms with van der Waals surface area (Å²) in [5.74, 6) is -0.530. The van der Waals surface area contributed by atoms with Gasteiger partial charge < -0.3 is 20.1 Å². The van der Waals surface area contributed by atoms with Crippen molar-refractivity contribution in [3.8, 4) is 0 Å². The number of nitrogens with zero attached hydrogens (tertiary/aromatic N) is 1. The summed E-state index contributed by atoms with van der Waals surface area (Å²) in [6.45, 7) is 20.3. The van der Waals surface area contributed by atoms with Crippen LogP contribution in [0.15, 0.2) is 11.1 Å². The fraction of sp³-hybridized carbons (Fsp3) is 0.825. The van der Waals surface area contributed by atoms with Gasteiger partial charge in [0, 0.05) is 24.9 Å². The quantitative estimate of drug-likeness (QED) is 0.313. The highest BCUT2D eigenvalue weighted by molar-refractivity contribution is 6.07. The predicted octanol–water partition coefficient (Wildman–Crippen LogP) is 6.34. The molecule has 2 N–H and O–H groups in total. The van der Waals surface area contributed by atoms with Crippen LogP contribution in [-0.2, 0) is 28.7 Å². The van der Waals surface area contributed by atoms with Crippen LogP contribution < -0.4 is 5.32 Å². The average molecular weight is 681 g/mol. The third-order valence-electron chi connectivity index (χ3n) is 15.5. The van der Waals surface area contributed by atoms with Crippen LogP contribution in [0.1, 0.15) is 127 Å². The number of carboxylic acid groups (broad SMARTS) is 1. The van der Waals surface area contributed by atoms with Crippen LogP contribution in [0.2, 0.25) is 0 Å². The number of carbonyl (C=O) groups excluding carboxylic acids is 4. The Morgan fingerprint density at radius 3 is 2.27 bits per heavy atom. The summed E-state index contributed by atoms with van der Waals surface area (Å²) >= 11 is 0. The first-order valence-corrected chi connectivity index (χ1v) is 18.9. The van der Waals surface area contributed by atoms with Gasteiger partial charge in [-0.25, -0.2) is 0 Å². The molecule has 0 radical (unpaired) electrons. The Labute approximate surface area is 292 Å². The highest BCUT2D eigenvalue weighted by Crippen LogP contribution is 2.77. The van der Waals surface area contributed by atoms with Crippen molar-refractivity contribution < 1.29 is 33.8 Å². The second kappa shape index (κ2) is 11.7. The van der Waals surface area contributed by atoms with Crippen molar-refractivity contribution in [1.29, 1.82) is 0 Å². The van der Waals surface area contributed by atoms with Gasteiger partial charge in [-0.3, -0.25) is 24.0 Å². The topological polar surface area (TPSA) is 130 Å². The number of fused-ring (bicyclic) bond motifs is 7. The van der Waals surface area contributed by atoms with E-state index in [0.29, 0.717) is 31.3 Å². The number of carbonyl (C=O) groups is 5. The summed E-state index contributed by atoms with van der Waals surface area (Å²) in [5, 5.41) is 12.4. The highest BCUT2D eigenvalue weighted by Gasteiger charge is 2.71. The molecule has 3 unspecified atom stereocenters. The molecule has 2 amide bonds. The van der Waals surface area contributed by atoms with Gasteiger partial charge in [0.2, 0.25) is 11.8 Å². The second-order valence-electron chi connectivity index (χ2n) is 19.1. The van der Waals surface area contributed by atoms with Crippen LogP contribution in [0.5, 0.6) is 0 Å². The van der Waals surface area contributed by atoms with E-state index in [-0.39, 0.29) is 76.6 Å². The van der Waals surface area contributed by atoms with Crippen molar-refractivity contribution in [2.75, 3.05) is 19.6 Å². The lowest BCUT2D eigenvalue weighted by Gasteiger charge is -2.72. The average Bonchev–Trinajstić information content (AvgIpc) is 3.31. The van der Waals surface area contributed by atoms with Gasteiger partial charge in [0.15, 0.2) is 5.78 Å². The van der Waals surface area contributed by atoms with Gasteiger partial charge in [0.1, 0.15) is 6.10 Å². The molecule has 49 heavy (non-hydrogen) atoms. The maximum Gasteiger partial charge on any atom is 0.309 e. The molecule has 9 nitrogen and oxygen atoms in total. The molecule has 8 atom stereocenters. The standard InChI is InChI=1S/C40H60N2O7/c1-23(2)31-25(43)20-40(33(46)42-19-18-41-29(44)22-42)17-16-38(8)24(32(31)40)10-11-27-37(7)14-13-28(49-30(45)21-35(3,4)34(47)48)36(5,6)26(37)12-15-39(27,38)9/h23-24,26-28H,10-22H2,1-9H3,(H,41,44)(H,47,48)/t24?,26?,27?,28-,37-,38+,39+,40+/m0/s1. The molecule has 4 saturated carbocycles. The number of hydrogen-bond acceptors (Lipinski definition) is 6. The largest absolute Gasteiger partial charge is 0.481 e. The van der Waals surface area contributed by atoms with Crippen LogP contribution >= 0.6 is 0 Å². The van der Waals surface area contributed by atoms with E-state index in [1.54, 1.807) is 18.7 Å². The summed E-state index contributed by atoms with van der Waals surface area (Å²) in [6.07, 6.45) is 7.05. The van der Waals surface area contributed by atoms with Crippen molar-refractivity contribution in [3.63, 3.8) is 0 Å². The molecule has 0 bridgehead atoms. The van der Waals surface area contributed by atoms with Crippen molar-refractivity contribution in [1.82, 2.24) is 10.2 Å². The minimum Gasteiger partial charge on any atom is -0.481 e. The lowest BCUT2D eigenvalue weighted by Crippen LogP contribution is -2.66. The fourth-order valence-corrected chi connectivity index (χ4v) is 12.8. The third-order valence-corrected chi connectivity index (χ3v) is 15.5. The van der Waals surface area contributed by atoms with Crippen LogP contribution in [0.25, 0.3) is 0 Å². The molecule has 0 aromatic carbocycles. The summed E-state index contributed by atoms with van der Waals surface area (Å²) < 4.78 is 6.13. The fourth-order valence-electron chi connectivity index (χ4n) is 12.8. The van der Waals surface area contributed by atoms with E-state index in [9.17, 15) is 29.1 Å². The number of allylic oxidation sites excluding steroid dienone is 1. The second-order valence-corrected chi connectivity index (χ2v) is 19.1. The number of hydrogen-bond donors (Lipinski definition) is 2. The van der Waals surface area contributed by atoms with Crippen molar-refractivity contribution in [2.24, 2.45) is 56.2 Å². The van der Waals surface area contributed by atoms with Gasteiger partial charge in [-0.2, -0.15) is 0 Å². The smallest absolute Gasteiger partial charge is 0.309 e. The zero-order valence-corrected chi connectivity index (χ0v) is 31.4. The zero-order chi connectivity index (χ0) is 36.1. The molecule has 1 aliphatic heterocycles.